The number of hydrogen-bond acceptors (Lipinski definition) is 8. The van der Waals surface area contributed by atoms with Crippen molar-refractivity contribution in [2.45, 2.75) is 25.4 Å². The predicted molar refractivity (Wildman–Crippen MR) is 111 cm³/mol. The average molecular weight is 403 g/mol. The Morgan fingerprint density at radius 2 is 2.03 bits per heavy atom. The molecule has 4 N–H and O–H groups in total. The molecule has 152 valence electrons. The first kappa shape index (κ1) is 19.5. The molecule has 0 bridgehead atoms. The van der Waals surface area contributed by atoms with Gasteiger partial charge in [0.2, 0.25) is 0 Å². The van der Waals surface area contributed by atoms with Crippen LogP contribution in [0.3, 0.4) is 0 Å². The van der Waals surface area contributed by atoms with E-state index in [1.165, 1.54) is 12.4 Å². The summed E-state index contributed by atoms with van der Waals surface area (Å²) in [5.74, 6) is 0.0941. The molecule has 0 saturated carbocycles. The maximum Gasteiger partial charge on any atom is 0.274 e. The number of rotatable bonds is 4. The molecular weight excluding hydrogens is 382 g/mol. The standard InChI is InChI=1S/C21H21N7O2/c22-9-15-2-1-13(10-24-15)11-26-21(30)19-20(29)16-3-4-18(27-17(16)12-25-19)28-7-5-14(23)6-8-28/h1-4,10,12,14,29H,5-8,11,23H2,(H,26,30). The fourth-order valence-corrected chi connectivity index (χ4v) is 3.41. The third kappa shape index (κ3) is 3.99. The van der Waals surface area contributed by atoms with E-state index in [1.807, 2.05) is 12.1 Å². The topological polar surface area (TPSA) is 141 Å². The summed E-state index contributed by atoms with van der Waals surface area (Å²) < 4.78 is 0. The number of hydrogen-bond donors (Lipinski definition) is 3. The van der Waals surface area contributed by atoms with E-state index in [9.17, 15) is 9.90 Å². The second-order valence-electron chi connectivity index (χ2n) is 7.23. The van der Waals surface area contributed by atoms with Crippen LogP contribution in [0.15, 0.2) is 36.7 Å². The quantitative estimate of drug-likeness (QED) is 0.594. The van der Waals surface area contributed by atoms with Crippen LogP contribution in [0, 0.1) is 11.3 Å². The summed E-state index contributed by atoms with van der Waals surface area (Å²) >= 11 is 0. The fraction of sp³-hybridized carbons (Fsp3) is 0.286. The number of nitrogens with zero attached hydrogens (tertiary/aromatic N) is 5. The molecule has 0 aliphatic carbocycles. The van der Waals surface area contributed by atoms with E-state index in [0.717, 1.165) is 37.3 Å². The number of amides is 1. The van der Waals surface area contributed by atoms with Gasteiger partial charge in [-0.2, -0.15) is 5.26 Å². The van der Waals surface area contributed by atoms with Crippen molar-refractivity contribution in [3.8, 4) is 11.8 Å². The van der Waals surface area contributed by atoms with Crippen molar-refractivity contribution in [1.82, 2.24) is 20.3 Å². The average Bonchev–Trinajstić information content (AvgIpc) is 2.78. The normalized spacial score (nSPS) is 14.5. The van der Waals surface area contributed by atoms with Gasteiger partial charge in [-0.05, 0) is 36.6 Å². The van der Waals surface area contributed by atoms with Crippen molar-refractivity contribution in [3.63, 3.8) is 0 Å². The molecule has 0 atom stereocenters. The van der Waals surface area contributed by atoms with Crippen molar-refractivity contribution in [2.75, 3.05) is 18.0 Å². The van der Waals surface area contributed by atoms with Crippen LogP contribution in [-0.4, -0.2) is 45.1 Å². The molecule has 1 fully saturated rings. The van der Waals surface area contributed by atoms with E-state index in [2.05, 4.69) is 25.2 Å². The number of anilines is 1. The van der Waals surface area contributed by atoms with Gasteiger partial charge in [0.05, 0.1) is 11.7 Å². The summed E-state index contributed by atoms with van der Waals surface area (Å²) in [5.41, 5.74) is 7.45. The number of aromatic hydroxyl groups is 1. The lowest BCUT2D eigenvalue weighted by atomic mass is 10.1. The van der Waals surface area contributed by atoms with Gasteiger partial charge in [0.25, 0.3) is 5.91 Å². The van der Waals surface area contributed by atoms with Gasteiger partial charge in [-0.15, -0.1) is 0 Å². The Labute approximate surface area is 173 Å². The highest BCUT2D eigenvalue weighted by atomic mass is 16.3. The summed E-state index contributed by atoms with van der Waals surface area (Å²) in [5, 5.41) is 22.5. The van der Waals surface area contributed by atoms with E-state index in [-0.39, 0.29) is 24.0 Å². The lowest BCUT2D eigenvalue weighted by Gasteiger charge is -2.31. The molecule has 4 heterocycles. The van der Waals surface area contributed by atoms with Gasteiger partial charge in [0, 0.05) is 37.3 Å². The van der Waals surface area contributed by atoms with Gasteiger partial charge in [-0.3, -0.25) is 4.79 Å². The molecule has 1 aliphatic heterocycles. The number of fused-ring (bicyclic) bond motifs is 1. The SMILES string of the molecule is N#Cc1ccc(CNC(=O)c2ncc3nc(N4CCC(N)CC4)ccc3c2O)cn1. The zero-order valence-corrected chi connectivity index (χ0v) is 16.2. The van der Waals surface area contributed by atoms with Crippen molar-refractivity contribution >= 4 is 22.6 Å². The third-order valence-corrected chi connectivity index (χ3v) is 5.18. The summed E-state index contributed by atoms with van der Waals surface area (Å²) in [7, 11) is 0. The van der Waals surface area contributed by atoms with Gasteiger partial charge in [0.15, 0.2) is 11.4 Å². The second-order valence-corrected chi connectivity index (χ2v) is 7.23. The first-order valence-corrected chi connectivity index (χ1v) is 9.67. The molecule has 1 saturated heterocycles. The first-order valence-electron chi connectivity index (χ1n) is 9.67. The van der Waals surface area contributed by atoms with Gasteiger partial charge in [-0.1, -0.05) is 6.07 Å². The van der Waals surface area contributed by atoms with Crippen LogP contribution in [0.4, 0.5) is 5.82 Å². The summed E-state index contributed by atoms with van der Waals surface area (Å²) in [6.07, 6.45) is 4.84. The summed E-state index contributed by atoms with van der Waals surface area (Å²) in [4.78, 5) is 27.3. The maximum atomic E-state index is 12.5. The predicted octanol–water partition coefficient (Wildman–Crippen LogP) is 1.46. The van der Waals surface area contributed by atoms with Crippen LogP contribution in [0.25, 0.3) is 10.9 Å². The lowest BCUT2D eigenvalue weighted by Crippen LogP contribution is -2.40. The first-order chi connectivity index (χ1) is 14.5. The Kier molecular flexibility index (Phi) is 5.41. The molecule has 4 rings (SSSR count). The van der Waals surface area contributed by atoms with Crippen LogP contribution in [0.1, 0.15) is 34.6 Å². The van der Waals surface area contributed by atoms with E-state index in [1.54, 1.807) is 18.2 Å². The van der Waals surface area contributed by atoms with Crippen LogP contribution >= 0.6 is 0 Å². The van der Waals surface area contributed by atoms with Crippen LogP contribution < -0.4 is 16.0 Å². The largest absolute Gasteiger partial charge is 0.505 e. The summed E-state index contributed by atoms with van der Waals surface area (Å²) in [6.45, 7) is 1.87. The minimum absolute atomic E-state index is 0.0670. The number of carbonyl (C=O) groups is 1. The number of aromatic nitrogens is 3. The summed E-state index contributed by atoms with van der Waals surface area (Å²) in [6, 6.07) is 9.04. The lowest BCUT2D eigenvalue weighted by molar-refractivity contribution is 0.0943. The Balaban J connectivity index is 1.50. The Morgan fingerprint density at radius 3 is 2.73 bits per heavy atom. The zero-order valence-electron chi connectivity index (χ0n) is 16.2. The highest BCUT2D eigenvalue weighted by molar-refractivity contribution is 6.00. The van der Waals surface area contributed by atoms with Crippen molar-refractivity contribution in [2.24, 2.45) is 5.73 Å². The molecule has 9 nitrogen and oxygen atoms in total. The van der Waals surface area contributed by atoms with Crippen LogP contribution in [0.5, 0.6) is 5.75 Å². The van der Waals surface area contributed by atoms with E-state index >= 15 is 0 Å². The molecule has 0 aromatic carbocycles. The third-order valence-electron chi connectivity index (χ3n) is 5.18. The Hall–Kier alpha value is -3.77. The van der Waals surface area contributed by atoms with Gasteiger partial charge in [-0.25, -0.2) is 15.0 Å². The highest BCUT2D eigenvalue weighted by Gasteiger charge is 2.20. The van der Waals surface area contributed by atoms with Crippen molar-refractivity contribution in [1.29, 1.82) is 5.26 Å². The number of carbonyl (C=O) groups excluding carboxylic acids is 1. The molecule has 3 aromatic rings. The Bertz CT molecular complexity index is 1120. The number of nitriles is 1. The van der Waals surface area contributed by atoms with E-state index in [4.69, 9.17) is 11.0 Å². The zero-order chi connectivity index (χ0) is 21.1. The highest BCUT2D eigenvalue weighted by Crippen LogP contribution is 2.28. The number of piperidine rings is 1. The number of nitrogens with one attached hydrogen (secondary N) is 1. The smallest absolute Gasteiger partial charge is 0.274 e. The molecule has 30 heavy (non-hydrogen) atoms. The second kappa shape index (κ2) is 8.31. The van der Waals surface area contributed by atoms with Crippen LogP contribution in [0.2, 0.25) is 0 Å². The minimum atomic E-state index is -0.507. The molecule has 1 aliphatic rings. The van der Waals surface area contributed by atoms with E-state index in [0.29, 0.717) is 16.6 Å². The molecule has 9 heteroatoms. The molecule has 0 unspecified atom stereocenters. The molecule has 3 aromatic heterocycles. The van der Waals surface area contributed by atoms with Gasteiger partial charge < -0.3 is 21.1 Å². The number of nitrogens with two attached hydrogens (primary N) is 1. The molecule has 0 spiro atoms. The molecular formula is C21H21N7O2. The van der Waals surface area contributed by atoms with Crippen molar-refractivity contribution in [3.05, 3.63) is 53.6 Å². The maximum absolute atomic E-state index is 12.5. The fourth-order valence-electron chi connectivity index (χ4n) is 3.41. The van der Waals surface area contributed by atoms with E-state index < -0.39 is 5.91 Å². The molecule has 0 radical (unpaired) electrons. The molecule has 1 amide bonds. The Morgan fingerprint density at radius 1 is 1.23 bits per heavy atom. The monoisotopic (exact) mass is 403 g/mol. The van der Waals surface area contributed by atoms with Gasteiger partial charge in [0.1, 0.15) is 17.6 Å². The minimum Gasteiger partial charge on any atom is -0.505 e. The van der Waals surface area contributed by atoms with Crippen molar-refractivity contribution < 1.29 is 9.90 Å². The van der Waals surface area contributed by atoms with Gasteiger partial charge >= 0.3 is 0 Å². The number of pyridine rings is 3. The van der Waals surface area contributed by atoms with Crippen LogP contribution in [-0.2, 0) is 6.54 Å².